The summed E-state index contributed by atoms with van der Waals surface area (Å²) in [4.78, 5) is 10.1. The predicted molar refractivity (Wildman–Crippen MR) is 145 cm³/mol. The van der Waals surface area contributed by atoms with Gasteiger partial charge in [-0.3, -0.25) is 0 Å². The van der Waals surface area contributed by atoms with E-state index in [9.17, 15) is 4.39 Å². The molecule has 1 aliphatic rings. The van der Waals surface area contributed by atoms with Crippen LogP contribution in [0.15, 0.2) is 78.1 Å². The third-order valence-corrected chi connectivity index (χ3v) is 5.45. The molecule has 1 aromatic heterocycles. The molecule has 0 aliphatic carbocycles. The second kappa shape index (κ2) is 17.5. The van der Waals surface area contributed by atoms with Crippen LogP contribution in [0.2, 0.25) is 0 Å². The van der Waals surface area contributed by atoms with Gasteiger partial charge in [0.25, 0.3) is 0 Å². The van der Waals surface area contributed by atoms with Crippen LogP contribution in [0.3, 0.4) is 0 Å². The van der Waals surface area contributed by atoms with Gasteiger partial charge in [-0.25, -0.2) is 9.37 Å². The molecule has 0 fully saturated rings. The Bertz CT molecular complexity index is 899. The lowest BCUT2D eigenvalue weighted by Gasteiger charge is -2.30. The van der Waals surface area contributed by atoms with Gasteiger partial charge in [0.1, 0.15) is 5.83 Å². The number of H-pyrrole nitrogens is 1. The quantitative estimate of drug-likeness (QED) is 0.185. The molecular formula is C29H43FN4. The van der Waals surface area contributed by atoms with Crippen LogP contribution in [0, 0.1) is 5.41 Å². The lowest BCUT2D eigenvalue weighted by atomic mass is 10.1. The number of imidazole rings is 1. The smallest absolute Gasteiger partial charge is 0.126 e. The summed E-state index contributed by atoms with van der Waals surface area (Å²) in [7, 11) is 0. The third kappa shape index (κ3) is 11.8. The van der Waals surface area contributed by atoms with E-state index in [1.807, 2.05) is 19.3 Å². The van der Waals surface area contributed by atoms with Crippen molar-refractivity contribution in [2.24, 2.45) is 0 Å². The normalized spacial score (nSPS) is 14.9. The average Bonchev–Trinajstić information content (AvgIpc) is 3.29. The molecule has 0 unspecified atom stereocenters. The number of allylic oxidation sites excluding steroid dienone is 11. The summed E-state index contributed by atoms with van der Waals surface area (Å²) >= 11 is 0. The summed E-state index contributed by atoms with van der Waals surface area (Å²) in [6.07, 6.45) is 23.8. The van der Waals surface area contributed by atoms with Crippen LogP contribution in [0.5, 0.6) is 0 Å². The van der Waals surface area contributed by atoms with Crippen molar-refractivity contribution >= 4 is 6.21 Å². The minimum absolute atomic E-state index is 0.277. The number of hydrogen-bond donors (Lipinski definition) is 2. The molecule has 0 spiro atoms. The molecule has 34 heavy (non-hydrogen) atoms. The minimum atomic E-state index is -0.277. The molecule has 0 aromatic carbocycles. The first-order chi connectivity index (χ1) is 16.4. The monoisotopic (exact) mass is 466 g/mol. The second-order valence-corrected chi connectivity index (χ2v) is 8.57. The van der Waals surface area contributed by atoms with Crippen molar-refractivity contribution in [3.05, 3.63) is 89.5 Å². The van der Waals surface area contributed by atoms with Gasteiger partial charge in [-0.2, -0.15) is 0 Å². The number of hydrogen-bond acceptors (Lipinski definition) is 3. The van der Waals surface area contributed by atoms with E-state index in [4.69, 9.17) is 5.41 Å². The molecular weight excluding hydrogens is 423 g/mol. The standard InChI is InChI=1S/C17H25N3.C12H18FN/c1-4-5-8-15(9-6-7-14(2)3)20-11-10-16-17(12-20)19-13-18-16;1-3-4-5-6-7-8-12(13)11(2)9-10-14/h6-7,9,13H,2,4-5,8,10-12H2,1,3H3,(H,18,19);6-10,14H,3-5H2,1-2H3/b7-6-,15-9+;7-6-,11-9+,12-8+,14-10?. The van der Waals surface area contributed by atoms with Crippen molar-refractivity contribution in [1.82, 2.24) is 14.9 Å². The topological polar surface area (TPSA) is 55.8 Å². The van der Waals surface area contributed by atoms with Crippen molar-refractivity contribution in [1.29, 1.82) is 5.41 Å². The Morgan fingerprint density at radius 3 is 2.62 bits per heavy atom. The van der Waals surface area contributed by atoms with E-state index < -0.39 is 0 Å². The molecule has 5 heteroatoms. The van der Waals surface area contributed by atoms with Crippen LogP contribution in [0.25, 0.3) is 0 Å². The summed E-state index contributed by atoms with van der Waals surface area (Å²) in [5.74, 6) is -0.277. The van der Waals surface area contributed by atoms with Gasteiger partial charge in [-0.1, -0.05) is 69.6 Å². The predicted octanol–water partition coefficient (Wildman–Crippen LogP) is 8.16. The summed E-state index contributed by atoms with van der Waals surface area (Å²) in [6.45, 7) is 14.0. The van der Waals surface area contributed by atoms with E-state index >= 15 is 0 Å². The molecule has 2 heterocycles. The van der Waals surface area contributed by atoms with Gasteiger partial charge in [-0.15, -0.1) is 0 Å². The van der Waals surface area contributed by atoms with E-state index in [-0.39, 0.29) is 5.83 Å². The van der Waals surface area contributed by atoms with Crippen LogP contribution in [-0.2, 0) is 13.0 Å². The lowest BCUT2D eigenvalue weighted by Crippen LogP contribution is -2.30. The highest BCUT2D eigenvalue weighted by Crippen LogP contribution is 2.22. The molecule has 2 rings (SSSR count). The number of nitrogens with zero attached hydrogens (tertiary/aromatic N) is 2. The van der Waals surface area contributed by atoms with Gasteiger partial charge in [-0.05, 0) is 56.9 Å². The van der Waals surface area contributed by atoms with Crippen molar-refractivity contribution < 1.29 is 4.39 Å². The Morgan fingerprint density at radius 2 is 1.94 bits per heavy atom. The minimum Gasteiger partial charge on any atom is -0.369 e. The first kappa shape index (κ1) is 29.1. The SMILES string of the molecule is C=C(C)/C=C\C=C(/CCCC)N1CCc2nc[nH]c2C1.CCCC\C=C/C=C(F)\C(C)=C\C=N. The molecule has 0 saturated heterocycles. The number of halogens is 1. The summed E-state index contributed by atoms with van der Waals surface area (Å²) in [6, 6.07) is 0. The van der Waals surface area contributed by atoms with Crippen LogP contribution in [0.1, 0.15) is 77.6 Å². The molecule has 0 bridgehead atoms. The van der Waals surface area contributed by atoms with E-state index in [1.54, 1.807) is 13.0 Å². The van der Waals surface area contributed by atoms with Gasteiger partial charge in [0, 0.05) is 24.9 Å². The van der Waals surface area contributed by atoms with Crippen LogP contribution in [0.4, 0.5) is 4.39 Å². The van der Waals surface area contributed by atoms with Crippen molar-refractivity contribution in [3.8, 4) is 0 Å². The molecule has 0 saturated carbocycles. The van der Waals surface area contributed by atoms with Crippen LogP contribution >= 0.6 is 0 Å². The van der Waals surface area contributed by atoms with Crippen molar-refractivity contribution in [3.63, 3.8) is 0 Å². The molecule has 0 atom stereocenters. The maximum absolute atomic E-state index is 13.1. The largest absolute Gasteiger partial charge is 0.369 e. The van der Waals surface area contributed by atoms with E-state index in [0.29, 0.717) is 5.57 Å². The number of rotatable bonds is 12. The third-order valence-electron chi connectivity index (χ3n) is 5.45. The Morgan fingerprint density at radius 1 is 1.18 bits per heavy atom. The number of fused-ring (bicyclic) bond motifs is 1. The zero-order valence-electron chi connectivity index (χ0n) is 21.5. The Labute approximate surface area is 206 Å². The summed E-state index contributed by atoms with van der Waals surface area (Å²) < 4.78 is 13.1. The van der Waals surface area contributed by atoms with Gasteiger partial charge >= 0.3 is 0 Å². The van der Waals surface area contributed by atoms with E-state index in [2.05, 4.69) is 53.5 Å². The zero-order chi connectivity index (χ0) is 25.2. The first-order valence-corrected chi connectivity index (χ1v) is 12.4. The van der Waals surface area contributed by atoms with E-state index in [1.165, 1.54) is 42.1 Å². The molecule has 1 aliphatic heterocycles. The summed E-state index contributed by atoms with van der Waals surface area (Å²) in [5, 5.41) is 6.78. The first-order valence-electron chi connectivity index (χ1n) is 12.4. The maximum atomic E-state index is 13.1. The molecule has 0 radical (unpaired) electrons. The van der Waals surface area contributed by atoms with Crippen LogP contribution < -0.4 is 0 Å². The maximum Gasteiger partial charge on any atom is 0.126 e. The number of unbranched alkanes of at least 4 members (excludes halogenated alkanes) is 3. The Balaban J connectivity index is 0.000000365. The second-order valence-electron chi connectivity index (χ2n) is 8.57. The Kier molecular flexibility index (Phi) is 15.0. The van der Waals surface area contributed by atoms with Gasteiger partial charge in [0.15, 0.2) is 0 Å². The molecule has 0 amide bonds. The number of nitrogens with one attached hydrogen (secondary N) is 2. The van der Waals surface area contributed by atoms with Crippen molar-refractivity contribution in [2.75, 3.05) is 6.54 Å². The van der Waals surface area contributed by atoms with Gasteiger partial charge < -0.3 is 15.3 Å². The van der Waals surface area contributed by atoms with E-state index in [0.717, 1.165) is 57.0 Å². The molecule has 1 aromatic rings. The highest BCUT2D eigenvalue weighted by molar-refractivity contribution is 5.70. The van der Waals surface area contributed by atoms with Crippen molar-refractivity contribution in [2.45, 2.75) is 79.2 Å². The zero-order valence-corrected chi connectivity index (χ0v) is 21.5. The van der Waals surface area contributed by atoms with Gasteiger partial charge in [0.2, 0.25) is 0 Å². The van der Waals surface area contributed by atoms with Crippen LogP contribution in [-0.4, -0.2) is 27.6 Å². The fourth-order valence-corrected chi connectivity index (χ4v) is 3.39. The summed E-state index contributed by atoms with van der Waals surface area (Å²) in [5.41, 5.74) is 5.49. The molecule has 2 N–H and O–H groups in total. The highest BCUT2D eigenvalue weighted by atomic mass is 19.1. The number of aromatic amines is 1. The number of aromatic nitrogens is 2. The molecule has 4 nitrogen and oxygen atoms in total. The highest BCUT2D eigenvalue weighted by Gasteiger charge is 2.19. The van der Waals surface area contributed by atoms with Gasteiger partial charge in [0.05, 0.1) is 24.3 Å². The fourth-order valence-electron chi connectivity index (χ4n) is 3.39. The fraction of sp³-hybridized carbons (Fsp3) is 0.448. The average molecular weight is 467 g/mol. The lowest BCUT2D eigenvalue weighted by molar-refractivity contribution is 0.304. The molecule has 186 valence electrons. The Hall–Kier alpha value is -2.95.